The number of piperidine rings is 1. The summed E-state index contributed by atoms with van der Waals surface area (Å²) in [6.07, 6.45) is 5.92. The number of methoxy groups -OCH3 is 1. The molecule has 0 radical (unpaired) electrons. The quantitative estimate of drug-likeness (QED) is 0.728. The van der Waals surface area contributed by atoms with Crippen LogP contribution in [0.4, 0.5) is 14.6 Å². The third-order valence-electron chi connectivity index (χ3n) is 6.25. The number of alkyl halides is 2. The molecule has 0 bridgehead atoms. The lowest BCUT2D eigenvalue weighted by Gasteiger charge is -2.20. The molecule has 3 heterocycles. The van der Waals surface area contributed by atoms with Crippen LogP contribution in [0.2, 0.25) is 0 Å². The summed E-state index contributed by atoms with van der Waals surface area (Å²) in [6.45, 7) is 0.976. The summed E-state index contributed by atoms with van der Waals surface area (Å²) in [7, 11) is 1.73. The summed E-state index contributed by atoms with van der Waals surface area (Å²) in [6, 6.07) is 1.97. The molecule has 0 aromatic carbocycles. The Kier molecular flexibility index (Phi) is 4.66. The molecule has 3 aliphatic rings. The number of likely N-dealkylation sites (tertiary alicyclic amines) is 1. The molecule has 2 aromatic heterocycles. The lowest BCUT2D eigenvalue weighted by molar-refractivity contribution is -0.0494. The van der Waals surface area contributed by atoms with Gasteiger partial charge in [-0.25, -0.2) is 9.97 Å². The van der Waals surface area contributed by atoms with Gasteiger partial charge in [-0.1, -0.05) is 0 Å². The van der Waals surface area contributed by atoms with Gasteiger partial charge < -0.3 is 24.7 Å². The Labute approximate surface area is 167 Å². The van der Waals surface area contributed by atoms with Crippen LogP contribution in [-0.2, 0) is 4.74 Å². The number of imidazole rings is 1. The van der Waals surface area contributed by atoms with Crippen LogP contribution in [0.1, 0.15) is 30.6 Å². The van der Waals surface area contributed by atoms with Crippen LogP contribution in [0.15, 0.2) is 18.5 Å². The van der Waals surface area contributed by atoms with Gasteiger partial charge in [-0.2, -0.15) is 8.78 Å². The summed E-state index contributed by atoms with van der Waals surface area (Å²) < 4.78 is 37.3. The van der Waals surface area contributed by atoms with Crippen molar-refractivity contribution < 1.29 is 18.3 Å². The highest BCUT2D eigenvalue weighted by Crippen LogP contribution is 2.57. The number of hydrogen-bond acceptors (Lipinski definition) is 6. The van der Waals surface area contributed by atoms with E-state index < -0.39 is 6.61 Å². The number of pyridine rings is 1. The molecular weight excluding hydrogens is 380 g/mol. The fourth-order valence-electron chi connectivity index (χ4n) is 4.61. The second kappa shape index (κ2) is 7.21. The molecule has 156 valence electrons. The first-order chi connectivity index (χ1) is 14.0. The molecule has 2 N–H and O–H groups in total. The summed E-state index contributed by atoms with van der Waals surface area (Å²) >= 11 is 0. The van der Waals surface area contributed by atoms with Crippen LogP contribution >= 0.6 is 0 Å². The van der Waals surface area contributed by atoms with Crippen molar-refractivity contribution in [2.75, 3.05) is 39.1 Å². The normalized spacial score (nSPS) is 26.1. The molecule has 2 saturated carbocycles. The van der Waals surface area contributed by atoms with Crippen LogP contribution in [-0.4, -0.2) is 59.4 Å². The van der Waals surface area contributed by atoms with Gasteiger partial charge in [-0.3, -0.25) is 0 Å². The minimum absolute atomic E-state index is 0.0521. The Hall–Kier alpha value is -2.26. The number of halogens is 2. The fraction of sp³-hybridized carbons (Fsp3) is 0.600. The van der Waals surface area contributed by atoms with Crippen LogP contribution in [0.3, 0.4) is 0 Å². The third kappa shape index (κ3) is 3.57. The van der Waals surface area contributed by atoms with Crippen LogP contribution in [0, 0.1) is 11.8 Å². The number of ether oxygens (including phenoxy) is 2. The van der Waals surface area contributed by atoms with Crippen LogP contribution < -0.4 is 10.5 Å². The Bertz CT molecular complexity index is 889. The first-order valence-corrected chi connectivity index (χ1v) is 10.1. The summed E-state index contributed by atoms with van der Waals surface area (Å²) in [5.41, 5.74) is 7.05. The highest BCUT2D eigenvalue weighted by atomic mass is 19.3. The number of rotatable bonds is 8. The van der Waals surface area contributed by atoms with E-state index in [1.54, 1.807) is 13.3 Å². The second-order valence-corrected chi connectivity index (χ2v) is 8.22. The number of anilines is 1. The SMILES string of the molecule is COCCN1C[C@@H]2C(n3cc(-c4cnc(N)c(OC(F)F)c4)nc3C3CC3)[C@@H]2C1. The second-order valence-electron chi connectivity index (χ2n) is 8.22. The lowest BCUT2D eigenvalue weighted by atomic mass is 10.2. The van der Waals surface area contributed by atoms with Gasteiger partial charge in [-0.15, -0.1) is 0 Å². The van der Waals surface area contributed by atoms with E-state index in [9.17, 15) is 8.78 Å². The van der Waals surface area contributed by atoms with Gasteiger partial charge in [0.2, 0.25) is 0 Å². The Morgan fingerprint density at radius 2 is 2.03 bits per heavy atom. The summed E-state index contributed by atoms with van der Waals surface area (Å²) in [4.78, 5) is 11.3. The van der Waals surface area contributed by atoms with Gasteiger partial charge in [0.15, 0.2) is 11.6 Å². The largest absolute Gasteiger partial charge is 0.431 e. The zero-order valence-electron chi connectivity index (χ0n) is 16.3. The lowest BCUT2D eigenvalue weighted by Crippen LogP contribution is -2.28. The predicted octanol–water partition coefficient (Wildman–Crippen LogP) is 2.76. The van der Waals surface area contributed by atoms with Crippen molar-refractivity contribution >= 4 is 5.82 Å². The van der Waals surface area contributed by atoms with E-state index in [-0.39, 0.29) is 11.6 Å². The fourth-order valence-corrected chi connectivity index (χ4v) is 4.61. The number of nitrogen functional groups attached to an aromatic ring is 1. The van der Waals surface area contributed by atoms with E-state index in [2.05, 4.69) is 25.4 Å². The third-order valence-corrected chi connectivity index (χ3v) is 6.25. The molecule has 9 heteroatoms. The molecule has 2 aromatic rings. The Morgan fingerprint density at radius 1 is 1.28 bits per heavy atom. The number of fused-ring (bicyclic) bond motifs is 1. The number of hydrogen-bond donors (Lipinski definition) is 1. The van der Waals surface area contributed by atoms with Crippen molar-refractivity contribution in [2.24, 2.45) is 11.8 Å². The summed E-state index contributed by atoms with van der Waals surface area (Å²) in [5.74, 6) is 2.73. The first kappa shape index (κ1) is 18.7. The first-order valence-electron chi connectivity index (χ1n) is 10.1. The van der Waals surface area contributed by atoms with Gasteiger partial charge in [0.05, 0.1) is 12.3 Å². The van der Waals surface area contributed by atoms with Crippen molar-refractivity contribution in [3.05, 3.63) is 24.3 Å². The molecule has 2 aliphatic carbocycles. The maximum absolute atomic E-state index is 12.6. The maximum Gasteiger partial charge on any atom is 0.387 e. The maximum atomic E-state index is 12.6. The van der Waals surface area contributed by atoms with Gasteiger partial charge in [0, 0.05) is 56.7 Å². The highest BCUT2D eigenvalue weighted by molar-refractivity contribution is 5.64. The molecule has 3 fully saturated rings. The van der Waals surface area contributed by atoms with Crippen molar-refractivity contribution in [2.45, 2.75) is 31.4 Å². The van der Waals surface area contributed by atoms with Gasteiger partial charge in [0.1, 0.15) is 5.82 Å². The molecule has 0 amide bonds. The molecular formula is C20H25F2N5O2. The van der Waals surface area contributed by atoms with Gasteiger partial charge >= 0.3 is 6.61 Å². The van der Waals surface area contributed by atoms with Gasteiger partial charge in [0.25, 0.3) is 0 Å². The van der Waals surface area contributed by atoms with Crippen LogP contribution in [0.25, 0.3) is 11.3 Å². The monoisotopic (exact) mass is 405 g/mol. The Balaban J connectivity index is 1.38. The van der Waals surface area contributed by atoms with E-state index in [1.165, 1.54) is 6.07 Å². The smallest absolute Gasteiger partial charge is 0.387 e. The van der Waals surface area contributed by atoms with Crippen molar-refractivity contribution in [3.8, 4) is 17.0 Å². The van der Waals surface area contributed by atoms with E-state index in [4.69, 9.17) is 15.5 Å². The average molecular weight is 405 g/mol. The molecule has 0 spiro atoms. The van der Waals surface area contributed by atoms with Crippen molar-refractivity contribution in [1.29, 1.82) is 0 Å². The number of aromatic nitrogens is 3. The molecule has 1 unspecified atom stereocenters. The van der Waals surface area contributed by atoms with E-state index in [0.29, 0.717) is 29.4 Å². The zero-order chi connectivity index (χ0) is 20.1. The van der Waals surface area contributed by atoms with Crippen molar-refractivity contribution in [3.63, 3.8) is 0 Å². The Morgan fingerprint density at radius 3 is 2.69 bits per heavy atom. The van der Waals surface area contributed by atoms with Gasteiger partial charge in [-0.05, 0) is 30.7 Å². The molecule has 7 nitrogen and oxygen atoms in total. The molecule has 5 rings (SSSR count). The molecule has 3 atom stereocenters. The zero-order valence-corrected chi connectivity index (χ0v) is 16.3. The van der Waals surface area contributed by atoms with E-state index in [0.717, 1.165) is 50.6 Å². The minimum atomic E-state index is -2.94. The summed E-state index contributed by atoms with van der Waals surface area (Å²) in [5, 5.41) is 0. The standard InChI is InChI=1S/C20H25F2N5O2/c1-28-5-4-26-8-13-14(9-26)17(13)27-10-15(25-19(27)11-2-3-11)12-6-16(29-20(21)22)18(23)24-7-12/h6-7,10-11,13-14,17,20H,2-5,8-9H2,1H3,(H2,23,24)/t13-,14+,17?. The van der Waals surface area contributed by atoms with E-state index in [1.807, 2.05) is 0 Å². The predicted molar refractivity (Wildman–Crippen MR) is 103 cm³/mol. The van der Waals surface area contributed by atoms with Crippen molar-refractivity contribution in [1.82, 2.24) is 19.4 Å². The molecule has 1 aliphatic heterocycles. The molecule has 1 saturated heterocycles. The van der Waals surface area contributed by atoms with E-state index >= 15 is 0 Å². The molecule has 29 heavy (non-hydrogen) atoms. The topological polar surface area (TPSA) is 78.4 Å². The average Bonchev–Trinajstić information content (AvgIpc) is 3.56. The minimum Gasteiger partial charge on any atom is -0.431 e. The number of nitrogens with zero attached hydrogens (tertiary/aromatic N) is 4. The highest BCUT2D eigenvalue weighted by Gasteiger charge is 2.57. The number of nitrogens with two attached hydrogens (primary N) is 1. The van der Waals surface area contributed by atoms with Crippen LogP contribution in [0.5, 0.6) is 5.75 Å².